The number of carbonyl (C=O) groups excluding carboxylic acids is 2. The summed E-state index contributed by atoms with van der Waals surface area (Å²) in [6.07, 6.45) is 0.522. The highest BCUT2D eigenvalue weighted by atomic mass is 79.9. The molecule has 0 bridgehead atoms. The molecule has 0 aliphatic carbocycles. The summed E-state index contributed by atoms with van der Waals surface area (Å²) in [7, 11) is 1.59. The molecule has 0 radical (unpaired) electrons. The number of halogens is 1. The van der Waals surface area contributed by atoms with Gasteiger partial charge in [-0.3, -0.25) is 9.59 Å². The molecule has 0 aliphatic heterocycles. The van der Waals surface area contributed by atoms with Crippen LogP contribution in [0.3, 0.4) is 0 Å². The highest BCUT2D eigenvalue weighted by Crippen LogP contribution is 2.26. The Labute approximate surface area is 181 Å². The number of hydrogen-bond acceptors (Lipinski definition) is 3. The third kappa shape index (κ3) is 6.07. The molecule has 6 heteroatoms. The van der Waals surface area contributed by atoms with E-state index in [-0.39, 0.29) is 18.4 Å². The summed E-state index contributed by atoms with van der Waals surface area (Å²) in [5, 5.41) is 2.66. The molecule has 0 heterocycles. The number of nitrogens with zero attached hydrogens (tertiary/aromatic N) is 1. The zero-order chi connectivity index (χ0) is 21.6. The summed E-state index contributed by atoms with van der Waals surface area (Å²) in [5.41, 5.74) is 4.21. The lowest BCUT2D eigenvalue weighted by Gasteiger charge is -2.30. The summed E-state index contributed by atoms with van der Waals surface area (Å²) in [6.45, 7) is 8.11. The largest absolute Gasteiger partial charge is 0.484 e. The fourth-order valence-corrected chi connectivity index (χ4v) is 3.42. The van der Waals surface area contributed by atoms with Crippen LogP contribution in [-0.2, 0) is 16.1 Å². The molecular weight excluding hydrogens is 432 g/mol. The quantitative estimate of drug-likeness (QED) is 0.638. The van der Waals surface area contributed by atoms with Gasteiger partial charge in [-0.2, -0.15) is 0 Å². The maximum atomic E-state index is 13.1. The Hall–Kier alpha value is -2.34. The van der Waals surface area contributed by atoms with Gasteiger partial charge in [0.15, 0.2) is 6.61 Å². The van der Waals surface area contributed by atoms with Gasteiger partial charge in [-0.15, -0.1) is 0 Å². The number of aryl methyl sites for hydroxylation is 3. The van der Waals surface area contributed by atoms with Crippen LogP contribution in [0.4, 0.5) is 0 Å². The number of rotatable bonds is 8. The molecule has 29 heavy (non-hydrogen) atoms. The first-order chi connectivity index (χ1) is 13.8. The highest BCUT2D eigenvalue weighted by molar-refractivity contribution is 9.10. The van der Waals surface area contributed by atoms with Crippen LogP contribution >= 0.6 is 15.9 Å². The van der Waals surface area contributed by atoms with Gasteiger partial charge in [-0.25, -0.2) is 0 Å². The van der Waals surface area contributed by atoms with Crippen LogP contribution in [-0.4, -0.2) is 36.4 Å². The van der Waals surface area contributed by atoms with Crippen molar-refractivity contribution in [2.45, 2.75) is 46.7 Å². The van der Waals surface area contributed by atoms with Crippen molar-refractivity contribution < 1.29 is 14.3 Å². The molecule has 0 aromatic heterocycles. The molecule has 1 N–H and O–H groups in total. The van der Waals surface area contributed by atoms with Crippen LogP contribution in [0.2, 0.25) is 0 Å². The van der Waals surface area contributed by atoms with Gasteiger partial charge in [0.2, 0.25) is 5.91 Å². The van der Waals surface area contributed by atoms with E-state index in [2.05, 4.69) is 21.2 Å². The molecule has 0 aliphatic rings. The normalized spacial score (nSPS) is 11.7. The fraction of sp³-hybridized carbons (Fsp3) is 0.391. The van der Waals surface area contributed by atoms with Gasteiger partial charge in [0, 0.05) is 18.1 Å². The average Bonchev–Trinajstić information content (AvgIpc) is 2.71. The maximum absolute atomic E-state index is 13.1. The smallest absolute Gasteiger partial charge is 0.261 e. The molecular formula is C23H29BrN2O3. The molecule has 0 fully saturated rings. The van der Waals surface area contributed by atoms with Crippen LogP contribution in [0.25, 0.3) is 0 Å². The molecule has 0 unspecified atom stereocenters. The van der Waals surface area contributed by atoms with Gasteiger partial charge < -0.3 is 15.0 Å². The van der Waals surface area contributed by atoms with Crippen molar-refractivity contribution in [3.05, 3.63) is 63.1 Å². The fourth-order valence-electron chi connectivity index (χ4n) is 3.19. The molecule has 2 rings (SSSR count). The van der Waals surface area contributed by atoms with Gasteiger partial charge in [0.25, 0.3) is 5.91 Å². The first-order valence-corrected chi connectivity index (χ1v) is 10.5. The van der Waals surface area contributed by atoms with E-state index in [1.54, 1.807) is 11.9 Å². The summed E-state index contributed by atoms with van der Waals surface area (Å²) in [6, 6.07) is 11.2. The van der Waals surface area contributed by atoms with E-state index in [0.717, 1.165) is 26.7 Å². The molecule has 2 aromatic rings. The molecule has 5 nitrogen and oxygen atoms in total. The molecule has 1 atom stereocenters. The van der Waals surface area contributed by atoms with Crippen molar-refractivity contribution in [2.24, 2.45) is 0 Å². The second-order valence-electron chi connectivity index (χ2n) is 7.21. The molecule has 2 aromatic carbocycles. The average molecular weight is 461 g/mol. The maximum Gasteiger partial charge on any atom is 0.261 e. The van der Waals surface area contributed by atoms with Crippen molar-refractivity contribution in [1.82, 2.24) is 10.2 Å². The van der Waals surface area contributed by atoms with Crippen molar-refractivity contribution in [1.29, 1.82) is 0 Å². The lowest BCUT2D eigenvalue weighted by atomic mass is 10.1. The van der Waals surface area contributed by atoms with Gasteiger partial charge in [-0.1, -0.05) is 52.7 Å². The van der Waals surface area contributed by atoms with Crippen LogP contribution in [0.15, 0.2) is 40.9 Å². The number of benzene rings is 2. The summed E-state index contributed by atoms with van der Waals surface area (Å²) in [5.74, 6) is 0.238. The molecule has 0 spiro atoms. The molecule has 2 amide bonds. The minimum absolute atomic E-state index is 0.125. The Morgan fingerprint density at radius 3 is 2.21 bits per heavy atom. The predicted octanol–water partition coefficient (Wildman–Crippen LogP) is 4.31. The Bertz CT molecular complexity index is 842. The summed E-state index contributed by atoms with van der Waals surface area (Å²) in [4.78, 5) is 27.0. The molecule has 0 saturated carbocycles. The van der Waals surface area contributed by atoms with Crippen LogP contribution < -0.4 is 10.1 Å². The number of likely N-dealkylation sites (N-methyl/N-ethyl adjacent to an activating group) is 1. The molecule has 0 saturated heterocycles. The summed E-state index contributed by atoms with van der Waals surface area (Å²) >= 11 is 3.54. The van der Waals surface area contributed by atoms with E-state index in [1.807, 2.05) is 64.1 Å². The summed E-state index contributed by atoms with van der Waals surface area (Å²) < 4.78 is 6.82. The van der Waals surface area contributed by atoms with Gasteiger partial charge in [0.05, 0.1) is 0 Å². The number of amides is 2. The lowest BCUT2D eigenvalue weighted by molar-refractivity contribution is -0.142. The highest BCUT2D eigenvalue weighted by Gasteiger charge is 2.28. The Morgan fingerprint density at radius 2 is 1.69 bits per heavy atom. The zero-order valence-corrected chi connectivity index (χ0v) is 19.3. The lowest BCUT2D eigenvalue weighted by Crippen LogP contribution is -2.49. The first kappa shape index (κ1) is 22.9. The minimum atomic E-state index is -0.550. The third-order valence-electron chi connectivity index (χ3n) is 4.88. The topological polar surface area (TPSA) is 58.6 Å². The van der Waals surface area contributed by atoms with Crippen molar-refractivity contribution >= 4 is 27.7 Å². The van der Waals surface area contributed by atoms with E-state index in [1.165, 1.54) is 0 Å². The zero-order valence-electron chi connectivity index (χ0n) is 17.7. The van der Waals surface area contributed by atoms with E-state index in [0.29, 0.717) is 18.7 Å². The minimum Gasteiger partial charge on any atom is -0.484 e. The van der Waals surface area contributed by atoms with Crippen molar-refractivity contribution in [3.63, 3.8) is 0 Å². The first-order valence-electron chi connectivity index (χ1n) is 9.73. The van der Waals surface area contributed by atoms with E-state index >= 15 is 0 Å². The second kappa shape index (κ2) is 10.4. The number of carbonyl (C=O) groups is 2. The standard InChI is InChI=1S/C23H29BrN2O3/c1-6-20(23(28)25-5)26(13-18-9-7-15(2)8-10-18)21(27)14-29-19-11-16(3)22(24)17(4)12-19/h7-12,20H,6,13-14H2,1-5H3,(H,25,28)/t20-/m1/s1. The van der Waals surface area contributed by atoms with Crippen molar-refractivity contribution in [2.75, 3.05) is 13.7 Å². The Morgan fingerprint density at radius 1 is 1.10 bits per heavy atom. The monoisotopic (exact) mass is 460 g/mol. The number of ether oxygens (including phenoxy) is 1. The van der Waals surface area contributed by atoms with Crippen LogP contribution in [0, 0.1) is 20.8 Å². The number of nitrogens with one attached hydrogen (secondary N) is 1. The SMILES string of the molecule is CC[C@H](C(=O)NC)N(Cc1ccc(C)cc1)C(=O)COc1cc(C)c(Br)c(C)c1. The second-order valence-corrected chi connectivity index (χ2v) is 8.00. The Balaban J connectivity index is 2.21. The van der Waals surface area contributed by atoms with Crippen LogP contribution in [0.1, 0.15) is 35.6 Å². The van der Waals surface area contributed by atoms with E-state index in [9.17, 15) is 9.59 Å². The number of hydrogen-bond donors (Lipinski definition) is 1. The van der Waals surface area contributed by atoms with E-state index in [4.69, 9.17) is 4.74 Å². The molecule has 156 valence electrons. The van der Waals surface area contributed by atoms with Gasteiger partial charge >= 0.3 is 0 Å². The van der Waals surface area contributed by atoms with Gasteiger partial charge in [-0.05, 0) is 56.0 Å². The third-order valence-corrected chi connectivity index (χ3v) is 6.13. The predicted molar refractivity (Wildman–Crippen MR) is 119 cm³/mol. The van der Waals surface area contributed by atoms with Gasteiger partial charge in [0.1, 0.15) is 11.8 Å². The van der Waals surface area contributed by atoms with Crippen molar-refractivity contribution in [3.8, 4) is 5.75 Å². The van der Waals surface area contributed by atoms with E-state index < -0.39 is 6.04 Å². The van der Waals surface area contributed by atoms with Crippen LogP contribution in [0.5, 0.6) is 5.75 Å². The Kier molecular flexibility index (Phi) is 8.26.